The highest BCUT2D eigenvalue weighted by molar-refractivity contribution is 4.91. The third-order valence-electron chi connectivity index (χ3n) is 5.47. The Hall–Kier alpha value is -0.120. The van der Waals surface area contributed by atoms with Gasteiger partial charge in [0.15, 0.2) is 0 Å². The number of hydrogen-bond donors (Lipinski definition) is 1. The molecule has 3 aliphatic rings. The molecule has 1 unspecified atom stereocenters. The van der Waals surface area contributed by atoms with Crippen LogP contribution in [0.15, 0.2) is 0 Å². The fourth-order valence-corrected chi connectivity index (χ4v) is 4.23. The topological polar surface area (TPSA) is 18.5 Å². The van der Waals surface area contributed by atoms with Gasteiger partial charge in [-0.3, -0.25) is 9.80 Å². The van der Waals surface area contributed by atoms with Gasteiger partial charge < -0.3 is 5.32 Å². The summed E-state index contributed by atoms with van der Waals surface area (Å²) < 4.78 is 0. The van der Waals surface area contributed by atoms with Crippen molar-refractivity contribution in [3.05, 3.63) is 0 Å². The summed E-state index contributed by atoms with van der Waals surface area (Å²) in [5.41, 5.74) is 0. The molecule has 2 saturated heterocycles. The molecule has 0 aromatic carbocycles. The van der Waals surface area contributed by atoms with Gasteiger partial charge in [0.25, 0.3) is 0 Å². The predicted molar refractivity (Wildman–Crippen MR) is 75.9 cm³/mol. The fraction of sp³-hybridized carbons (Fsp3) is 1.00. The average Bonchev–Trinajstić information content (AvgIpc) is 3.09. The zero-order valence-corrected chi connectivity index (χ0v) is 11.9. The lowest BCUT2D eigenvalue weighted by atomic mass is 9.90. The summed E-state index contributed by atoms with van der Waals surface area (Å²) in [7, 11) is 2.12. The fourth-order valence-electron chi connectivity index (χ4n) is 4.23. The normalized spacial score (nSPS) is 39.5. The molecular weight excluding hydrogens is 222 g/mol. The van der Waals surface area contributed by atoms with E-state index in [-0.39, 0.29) is 0 Å². The Morgan fingerprint density at radius 2 is 1.50 bits per heavy atom. The monoisotopic (exact) mass is 251 g/mol. The summed E-state index contributed by atoms with van der Waals surface area (Å²) in [6.07, 6.45) is 9.88. The third-order valence-corrected chi connectivity index (χ3v) is 5.47. The first-order chi connectivity index (χ1) is 8.86. The molecule has 2 heterocycles. The molecule has 2 aliphatic heterocycles. The molecule has 3 heteroatoms. The summed E-state index contributed by atoms with van der Waals surface area (Å²) in [5.74, 6) is 0. The molecule has 3 nitrogen and oxygen atoms in total. The highest BCUT2D eigenvalue weighted by atomic mass is 15.3. The van der Waals surface area contributed by atoms with E-state index in [1.165, 1.54) is 71.1 Å². The second-order valence-corrected chi connectivity index (χ2v) is 6.47. The molecule has 0 aromatic heterocycles. The lowest BCUT2D eigenvalue weighted by Gasteiger charge is -2.35. The minimum absolute atomic E-state index is 0.790. The van der Waals surface area contributed by atoms with Crippen molar-refractivity contribution in [3.8, 4) is 0 Å². The maximum atomic E-state index is 3.44. The van der Waals surface area contributed by atoms with Crippen LogP contribution in [0.1, 0.15) is 44.9 Å². The van der Waals surface area contributed by atoms with Crippen LogP contribution >= 0.6 is 0 Å². The van der Waals surface area contributed by atoms with Crippen LogP contribution in [-0.2, 0) is 0 Å². The Bertz CT molecular complexity index is 254. The number of hydrogen-bond acceptors (Lipinski definition) is 3. The molecule has 0 radical (unpaired) electrons. The first-order valence-electron chi connectivity index (χ1n) is 8.02. The number of nitrogens with one attached hydrogen (secondary N) is 1. The molecule has 18 heavy (non-hydrogen) atoms. The van der Waals surface area contributed by atoms with Gasteiger partial charge in [0.05, 0.1) is 0 Å². The van der Waals surface area contributed by atoms with E-state index in [1.807, 2.05) is 0 Å². The largest absolute Gasteiger partial charge is 0.317 e. The predicted octanol–water partition coefficient (Wildman–Crippen LogP) is 1.69. The van der Waals surface area contributed by atoms with Crippen molar-refractivity contribution in [2.75, 3.05) is 33.2 Å². The molecule has 1 atom stereocenters. The van der Waals surface area contributed by atoms with E-state index < -0.39 is 0 Å². The maximum absolute atomic E-state index is 3.44. The van der Waals surface area contributed by atoms with E-state index >= 15 is 0 Å². The molecule has 1 aliphatic carbocycles. The number of rotatable bonds is 3. The zero-order valence-electron chi connectivity index (χ0n) is 11.9. The number of likely N-dealkylation sites (tertiary alicyclic amines) is 2. The molecule has 0 spiro atoms. The van der Waals surface area contributed by atoms with E-state index in [0.29, 0.717) is 0 Å². The van der Waals surface area contributed by atoms with Crippen molar-refractivity contribution in [1.29, 1.82) is 0 Å². The van der Waals surface area contributed by atoms with Crippen LogP contribution in [0.4, 0.5) is 0 Å². The third kappa shape index (κ3) is 2.73. The zero-order chi connectivity index (χ0) is 12.4. The van der Waals surface area contributed by atoms with Gasteiger partial charge in [-0.25, -0.2) is 0 Å². The van der Waals surface area contributed by atoms with Crippen molar-refractivity contribution in [3.63, 3.8) is 0 Å². The molecule has 1 N–H and O–H groups in total. The van der Waals surface area contributed by atoms with Crippen LogP contribution in [-0.4, -0.2) is 61.2 Å². The quantitative estimate of drug-likeness (QED) is 0.823. The van der Waals surface area contributed by atoms with Crippen LogP contribution in [0, 0.1) is 0 Å². The highest BCUT2D eigenvalue weighted by Crippen LogP contribution is 2.28. The SMILES string of the molecule is CNC1CCC(N2CCC(N3CCCC3)C2)CC1. The van der Waals surface area contributed by atoms with Crippen molar-refractivity contribution in [2.24, 2.45) is 0 Å². The summed E-state index contributed by atoms with van der Waals surface area (Å²) in [4.78, 5) is 5.55. The standard InChI is InChI=1S/C15H29N3/c1-16-13-4-6-14(7-5-13)18-11-8-15(12-18)17-9-2-3-10-17/h13-16H,2-12H2,1H3. The Kier molecular flexibility index (Phi) is 4.22. The van der Waals surface area contributed by atoms with Crippen molar-refractivity contribution in [1.82, 2.24) is 15.1 Å². The van der Waals surface area contributed by atoms with Gasteiger partial charge in [-0.1, -0.05) is 0 Å². The van der Waals surface area contributed by atoms with Gasteiger partial charge in [-0.05, 0) is 65.1 Å². The Labute approximate surface area is 112 Å². The minimum atomic E-state index is 0.790. The van der Waals surface area contributed by atoms with Crippen LogP contribution in [0.25, 0.3) is 0 Å². The lowest BCUT2D eigenvalue weighted by Crippen LogP contribution is -2.42. The molecule has 104 valence electrons. The van der Waals surface area contributed by atoms with Gasteiger partial charge in [0.1, 0.15) is 0 Å². The van der Waals surface area contributed by atoms with Gasteiger partial charge in [0.2, 0.25) is 0 Å². The second-order valence-electron chi connectivity index (χ2n) is 6.47. The first kappa shape index (κ1) is 12.9. The van der Waals surface area contributed by atoms with Crippen molar-refractivity contribution < 1.29 is 0 Å². The molecule has 0 bridgehead atoms. The van der Waals surface area contributed by atoms with Crippen LogP contribution in [0.3, 0.4) is 0 Å². The van der Waals surface area contributed by atoms with E-state index in [1.54, 1.807) is 0 Å². The van der Waals surface area contributed by atoms with Crippen LogP contribution in [0.2, 0.25) is 0 Å². The lowest BCUT2D eigenvalue weighted by molar-refractivity contribution is 0.157. The molecule has 0 aromatic rings. The van der Waals surface area contributed by atoms with Crippen molar-refractivity contribution in [2.45, 2.75) is 63.1 Å². The molecule has 0 amide bonds. The average molecular weight is 251 g/mol. The minimum Gasteiger partial charge on any atom is -0.317 e. The second kappa shape index (κ2) is 5.89. The summed E-state index contributed by atoms with van der Waals surface area (Å²) in [6.45, 7) is 5.45. The van der Waals surface area contributed by atoms with Gasteiger partial charge in [-0.2, -0.15) is 0 Å². The van der Waals surface area contributed by atoms with Gasteiger partial charge in [-0.15, -0.1) is 0 Å². The Balaban J connectivity index is 1.47. The molecular formula is C15H29N3. The summed E-state index contributed by atoms with van der Waals surface area (Å²) in [5, 5.41) is 3.44. The first-order valence-corrected chi connectivity index (χ1v) is 8.02. The van der Waals surface area contributed by atoms with Crippen LogP contribution in [0.5, 0.6) is 0 Å². The van der Waals surface area contributed by atoms with Crippen molar-refractivity contribution >= 4 is 0 Å². The summed E-state index contributed by atoms with van der Waals surface area (Å²) >= 11 is 0. The molecule has 1 saturated carbocycles. The van der Waals surface area contributed by atoms with E-state index in [2.05, 4.69) is 22.2 Å². The van der Waals surface area contributed by atoms with Gasteiger partial charge in [0, 0.05) is 31.2 Å². The highest BCUT2D eigenvalue weighted by Gasteiger charge is 2.33. The van der Waals surface area contributed by atoms with E-state index in [0.717, 1.165) is 18.1 Å². The van der Waals surface area contributed by atoms with Gasteiger partial charge >= 0.3 is 0 Å². The van der Waals surface area contributed by atoms with Crippen LogP contribution < -0.4 is 5.32 Å². The smallest absolute Gasteiger partial charge is 0.0235 e. The maximum Gasteiger partial charge on any atom is 0.0235 e. The van der Waals surface area contributed by atoms with E-state index in [4.69, 9.17) is 0 Å². The molecule has 3 fully saturated rings. The Morgan fingerprint density at radius 3 is 2.17 bits per heavy atom. The number of nitrogens with zero attached hydrogens (tertiary/aromatic N) is 2. The molecule has 3 rings (SSSR count). The Morgan fingerprint density at radius 1 is 0.778 bits per heavy atom. The van der Waals surface area contributed by atoms with E-state index in [9.17, 15) is 0 Å². The summed E-state index contributed by atoms with van der Waals surface area (Å²) in [6, 6.07) is 2.56.